The van der Waals surface area contributed by atoms with Gasteiger partial charge in [0.05, 0.1) is 24.8 Å². The van der Waals surface area contributed by atoms with Gasteiger partial charge in [-0.25, -0.2) is 18.4 Å². The number of fused-ring (bicyclic) bond motifs is 2. The Morgan fingerprint density at radius 1 is 1.03 bits per heavy atom. The molecule has 1 aromatic heterocycles. The van der Waals surface area contributed by atoms with E-state index in [1.807, 2.05) is 47.4 Å². The van der Waals surface area contributed by atoms with Crippen molar-refractivity contribution < 1.29 is 17.9 Å². The van der Waals surface area contributed by atoms with Gasteiger partial charge in [-0.3, -0.25) is 4.79 Å². The fraction of sp³-hybridized carbons (Fsp3) is 0.370. The lowest BCUT2D eigenvalue weighted by Crippen LogP contribution is -2.25. The Bertz CT molecular complexity index is 1440. The third kappa shape index (κ3) is 4.43. The second-order valence-electron chi connectivity index (χ2n) is 9.63. The molecule has 8 nitrogen and oxygen atoms in total. The van der Waals surface area contributed by atoms with E-state index in [2.05, 4.69) is 18.8 Å². The highest BCUT2D eigenvalue weighted by atomic mass is 32.2. The maximum Gasteiger partial charge on any atom is 0.228 e. The van der Waals surface area contributed by atoms with Gasteiger partial charge in [0.25, 0.3) is 0 Å². The zero-order valence-corrected chi connectivity index (χ0v) is 21.7. The van der Waals surface area contributed by atoms with Gasteiger partial charge < -0.3 is 14.5 Å². The van der Waals surface area contributed by atoms with Crippen LogP contribution in [0.4, 0.5) is 17.2 Å². The summed E-state index contributed by atoms with van der Waals surface area (Å²) in [6.45, 7) is 4.68. The molecule has 9 heteroatoms. The molecule has 0 fully saturated rings. The molecule has 0 saturated heterocycles. The molecular formula is C27H30N4O4S. The van der Waals surface area contributed by atoms with Crippen LogP contribution in [0.25, 0.3) is 0 Å². The van der Waals surface area contributed by atoms with E-state index in [1.54, 1.807) is 25.3 Å². The van der Waals surface area contributed by atoms with Crippen LogP contribution in [0.2, 0.25) is 0 Å². The fourth-order valence-electron chi connectivity index (χ4n) is 4.92. The predicted molar refractivity (Wildman–Crippen MR) is 140 cm³/mol. The van der Waals surface area contributed by atoms with Gasteiger partial charge in [-0.1, -0.05) is 38.1 Å². The van der Waals surface area contributed by atoms with E-state index in [1.165, 1.54) is 0 Å². The second kappa shape index (κ2) is 9.20. The number of carbonyl (C=O) groups excluding carboxylic acids is 1. The SMILES string of the molecule is COc1cccc(N2CCC(=O)N(C)c3cnc(C(C)C(C)c4ccc5c(c4)CS(=O)(=O)C5)nc32)c1. The summed E-state index contributed by atoms with van der Waals surface area (Å²) in [7, 11) is 0.331. The Morgan fingerprint density at radius 3 is 2.58 bits per heavy atom. The van der Waals surface area contributed by atoms with Crippen LogP contribution in [0.3, 0.4) is 0 Å². The third-order valence-electron chi connectivity index (χ3n) is 7.34. The van der Waals surface area contributed by atoms with Gasteiger partial charge in [-0.2, -0.15) is 0 Å². The molecule has 2 aliphatic heterocycles. The quantitative estimate of drug-likeness (QED) is 0.509. The van der Waals surface area contributed by atoms with Crippen molar-refractivity contribution in [3.63, 3.8) is 0 Å². The number of aromatic nitrogens is 2. The van der Waals surface area contributed by atoms with E-state index in [0.717, 1.165) is 28.1 Å². The zero-order valence-electron chi connectivity index (χ0n) is 20.9. The highest BCUT2D eigenvalue weighted by Crippen LogP contribution is 2.39. The first-order valence-electron chi connectivity index (χ1n) is 12.0. The molecule has 1 amide bonds. The van der Waals surface area contributed by atoms with Crippen LogP contribution >= 0.6 is 0 Å². The molecule has 0 N–H and O–H groups in total. The van der Waals surface area contributed by atoms with Gasteiger partial charge in [-0.15, -0.1) is 0 Å². The molecule has 5 rings (SSSR count). The lowest BCUT2D eigenvalue weighted by Gasteiger charge is -2.26. The molecule has 0 radical (unpaired) electrons. The van der Waals surface area contributed by atoms with Crippen molar-refractivity contribution >= 4 is 32.9 Å². The molecule has 2 aliphatic rings. The third-order valence-corrected chi connectivity index (χ3v) is 8.84. The van der Waals surface area contributed by atoms with Gasteiger partial charge >= 0.3 is 0 Å². The number of nitrogens with zero attached hydrogens (tertiary/aromatic N) is 4. The minimum Gasteiger partial charge on any atom is -0.497 e. The van der Waals surface area contributed by atoms with Crippen molar-refractivity contribution in [2.75, 3.05) is 30.5 Å². The molecule has 36 heavy (non-hydrogen) atoms. The number of methoxy groups -OCH3 is 1. The van der Waals surface area contributed by atoms with E-state index < -0.39 is 9.84 Å². The predicted octanol–water partition coefficient (Wildman–Crippen LogP) is 4.33. The molecule has 3 heterocycles. The number of amides is 1. The summed E-state index contributed by atoms with van der Waals surface area (Å²) in [5.74, 6) is 2.33. The number of hydrogen-bond acceptors (Lipinski definition) is 7. The summed E-state index contributed by atoms with van der Waals surface area (Å²) in [5.41, 5.74) is 4.39. The summed E-state index contributed by atoms with van der Waals surface area (Å²) < 4.78 is 29.6. The Kier molecular flexibility index (Phi) is 6.20. The number of ether oxygens (including phenoxy) is 1. The van der Waals surface area contributed by atoms with Crippen molar-refractivity contribution in [2.24, 2.45) is 0 Å². The average molecular weight is 507 g/mol. The largest absolute Gasteiger partial charge is 0.497 e. The van der Waals surface area contributed by atoms with Crippen LogP contribution in [-0.4, -0.2) is 45.0 Å². The highest BCUT2D eigenvalue weighted by molar-refractivity contribution is 7.90. The van der Waals surface area contributed by atoms with E-state index in [4.69, 9.17) is 9.72 Å². The number of rotatable bonds is 5. The molecular weight excluding hydrogens is 476 g/mol. The Morgan fingerprint density at radius 2 is 1.81 bits per heavy atom. The Balaban J connectivity index is 1.51. The van der Waals surface area contributed by atoms with E-state index in [9.17, 15) is 13.2 Å². The minimum atomic E-state index is -3.05. The van der Waals surface area contributed by atoms with Crippen LogP contribution < -0.4 is 14.5 Å². The monoisotopic (exact) mass is 506 g/mol. The van der Waals surface area contributed by atoms with Crippen LogP contribution in [0.1, 0.15) is 54.6 Å². The normalized spacial score (nSPS) is 18.3. The van der Waals surface area contributed by atoms with Gasteiger partial charge in [0.2, 0.25) is 5.91 Å². The number of carbonyl (C=O) groups is 1. The summed E-state index contributed by atoms with van der Waals surface area (Å²) in [6.07, 6.45) is 2.08. The number of benzene rings is 2. The lowest BCUT2D eigenvalue weighted by molar-refractivity contribution is -0.118. The van der Waals surface area contributed by atoms with Gasteiger partial charge in [0.15, 0.2) is 15.7 Å². The maximum atomic E-state index is 12.7. The minimum absolute atomic E-state index is 0.00695. The van der Waals surface area contributed by atoms with Crippen LogP contribution in [0.5, 0.6) is 5.75 Å². The smallest absolute Gasteiger partial charge is 0.228 e. The van der Waals surface area contributed by atoms with Crippen molar-refractivity contribution in [1.82, 2.24) is 9.97 Å². The first kappa shape index (κ1) is 24.2. The first-order valence-corrected chi connectivity index (χ1v) is 13.9. The topological polar surface area (TPSA) is 92.7 Å². The van der Waals surface area contributed by atoms with Crippen LogP contribution in [0, 0.1) is 0 Å². The first-order chi connectivity index (χ1) is 17.2. The van der Waals surface area contributed by atoms with Crippen LogP contribution in [0.15, 0.2) is 48.7 Å². The summed E-state index contributed by atoms with van der Waals surface area (Å²) in [5, 5.41) is 0. The molecule has 3 aromatic rings. The number of sulfone groups is 1. The van der Waals surface area contributed by atoms with Crippen molar-refractivity contribution in [3.05, 3.63) is 71.2 Å². The van der Waals surface area contributed by atoms with Crippen molar-refractivity contribution in [2.45, 2.75) is 43.6 Å². The van der Waals surface area contributed by atoms with Gasteiger partial charge in [0.1, 0.15) is 17.3 Å². The summed E-state index contributed by atoms with van der Waals surface area (Å²) in [6, 6.07) is 13.7. The summed E-state index contributed by atoms with van der Waals surface area (Å²) in [4.78, 5) is 26.0. The summed E-state index contributed by atoms with van der Waals surface area (Å²) >= 11 is 0. The Hall–Kier alpha value is -3.46. The fourth-order valence-corrected chi connectivity index (χ4v) is 6.52. The number of anilines is 3. The van der Waals surface area contributed by atoms with Crippen molar-refractivity contribution in [3.8, 4) is 5.75 Å². The highest BCUT2D eigenvalue weighted by Gasteiger charge is 2.30. The van der Waals surface area contributed by atoms with Gasteiger partial charge in [-0.05, 0) is 34.7 Å². The zero-order chi connectivity index (χ0) is 25.6. The molecule has 0 spiro atoms. The Labute approximate surface area is 211 Å². The molecule has 2 atom stereocenters. The molecule has 0 bridgehead atoms. The molecule has 0 aliphatic carbocycles. The number of hydrogen-bond donors (Lipinski definition) is 0. The standard InChI is InChI=1S/C27H30N4O4S/c1-17(19-8-9-20-15-36(33,34)16-21(20)12-19)18(2)26-28-14-24-27(29-26)31(11-10-25(32)30(24)3)22-6-5-7-23(13-22)35-4/h5-9,12-14,17-18H,10-11,15-16H2,1-4H3. The average Bonchev–Trinajstić information content (AvgIpc) is 3.13. The van der Waals surface area contributed by atoms with Crippen LogP contribution in [-0.2, 0) is 26.1 Å². The van der Waals surface area contributed by atoms with E-state index >= 15 is 0 Å². The van der Waals surface area contributed by atoms with E-state index in [0.29, 0.717) is 30.3 Å². The second-order valence-corrected chi connectivity index (χ2v) is 11.7. The lowest BCUT2D eigenvalue weighted by atomic mass is 9.87. The molecule has 2 unspecified atom stereocenters. The van der Waals surface area contributed by atoms with Gasteiger partial charge in [0, 0.05) is 37.7 Å². The van der Waals surface area contributed by atoms with Crippen molar-refractivity contribution in [1.29, 1.82) is 0 Å². The molecule has 0 saturated carbocycles. The maximum absolute atomic E-state index is 12.7. The molecule has 2 aromatic carbocycles. The van der Waals surface area contributed by atoms with E-state index in [-0.39, 0.29) is 29.2 Å². The molecule has 188 valence electrons.